The monoisotopic (exact) mass is 690 g/mol. The van der Waals surface area contributed by atoms with Gasteiger partial charge in [0.25, 0.3) is 11.8 Å². The first-order chi connectivity index (χ1) is 25.4. The largest absolute Gasteiger partial charge is 0.402 e. The molecule has 0 saturated carbocycles. The lowest BCUT2D eigenvalue weighted by Gasteiger charge is -2.23. The first-order valence-corrected chi connectivity index (χ1v) is 17.4. The number of carbonyl (C=O) groups excluding carboxylic acids is 2. The molecule has 2 amide bonds. The number of anilines is 1. The number of fused-ring (bicyclic) bond motifs is 3. The van der Waals surface area contributed by atoms with Crippen molar-refractivity contribution in [3.05, 3.63) is 142 Å². The minimum Gasteiger partial charge on any atom is -0.402 e. The molecule has 1 aliphatic rings. The van der Waals surface area contributed by atoms with Gasteiger partial charge < -0.3 is 20.4 Å². The second-order valence-electron chi connectivity index (χ2n) is 12.8. The number of piperidine rings is 1. The van der Waals surface area contributed by atoms with Gasteiger partial charge in [0, 0.05) is 36.1 Å². The van der Waals surface area contributed by atoms with Crippen molar-refractivity contribution >= 4 is 50.1 Å². The Balaban J connectivity index is 0.000000169. The second-order valence-corrected chi connectivity index (χ2v) is 12.8. The van der Waals surface area contributed by atoms with Crippen LogP contribution in [0.15, 0.2) is 119 Å². The number of aromatic nitrogens is 3. The van der Waals surface area contributed by atoms with Crippen molar-refractivity contribution in [2.24, 2.45) is 0 Å². The van der Waals surface area contributed by atoms with Crippen molar-refractivity contribution in [2.45, 2.75) is 39.2 Å². The first-order valence-electron chi connectivity index (χ1n) is 17.4. The van der Waals surface area contributed by atoms with Gasteiger partial charge in [0.1, 0.15) is 5.52 Å². The molecular formula is C42H38N6O4. The number of aryl methyl sites for hydroxylation is 2. The predicted molar refractivity (Wildman–Crippen MR) is 205 cm³/mol. The van der Waals surface area contributed by atoms with Crippen LogP contribution in [-0.4, -0.2) is 45.9 Å². The van der Waals surface area contributed by atoms with Crippen LogP contribution < -0.4 is 21.6 Å². The van der Waals surface area contributed by atoms with Gasteiger partial charge in [-0.15, -0.1) is 0 Å². The van der Waals surface area contributed by atoms with Crippen molar-refractivity contribution in [1.82, 2.24) is 25.6 Å². The maximum absolute atomic E-state index is 13.0. The van der Waals surface area contributed by atoms with E-state index in [-0.39, 0.29) is 29.1 Å². The molecule has 52 heavy (non-hydrogen) atoms. The zero-order chi connectivity index (χ0) is 36.0. The van der Waals surface area contributed by atoms with Crippen LogP contribution >= 0.6 is 0 Å². The van der Waals surface area contributed by atoms with Crippen LogP contribution in [0.2, 0.25) is 0 Å². The van der Waals surface area contributed by atoms with Crippen LogP contribution in [-0.2, 0) is 0 Å². The zero-order valence-electron chi connectivity index (χ0n) is 29.0. The molecule has 1 fully saturated rings. The van der Waals surface area contributed by atoms with Crippen LogP contribution in [0.1, 0.15) is 51.2 Å². The molecule has 0 unspecified atom stereocenters. The Bertz CT molecular complexity index is 2490. The van der Waals surface area contributed by atoms with E-state index < -0.39 is 5.63 Å². The number of amides is 2. The molecule has 8 rings (SSSR count). The quantitative estimate of drug-likeness (QED) is 0.164. The Morgan fingerprint density at radius 3 is 2.23 bits per heavy atom. The number of hydrogen-bond acceptors (Lipinski definition) is 8. The highest BCUT2D eigenvalue weighted by Crippen LogP contribution is 2.30. The minimum absolute atomic E-state index is 0.220. The Morgan fingerprint density at radius 2 is 1.46 bits per heavy atom. The number of rotatable bonds is 6. The summed E-state index contributed by atoms with van der Waals surface area (Å²) in [6.07, 6.45) is 6.51. The fourth-order valence-corrected chi connectivity index (χ4v) is 6.59. The van der Waals surface area contributed by atoms with E-state index in [1.54, 1.807) is 36.7 Å². The molecule has 0 spiro atoms. The highest BCUT2D eigenvalue weighted by atomic mass is 16.4. The third kappa shape index (κ3) is 7.28. The van der Waals surface area contributed by atoms with Crippen LogP contribution in [0.25, 0.3) is 44.0 Å². The average Bonchev–Trinajstić information content (AvgIpc) is 3.18. The lowest BCUT2D eigenvalue weighted by Crippen LogP contribution is -2.43. The van der Waals surface area contributed by atoms with Gasteiger partial charge in [-0.25, -0.2) is 19.7 Å². The van der Waals surface area contributed by atoms with E-state index in [4.69, 9.17) is 4.42 Å². The lowest BCUT2D eigenvalue weighted by molar-refractivity contribution is 0.0943. The second kappa shape index (κ2) is 15.3. The molecule has 7 aromatic rings. The van der Waals surface area contributed by atoms with Crippen LogP contribution in [0, 0.1) is 13.8 Å². The summed E-state index contributed by atoms with van der Waals surface area (Å²) in [5.74, 6) is -0.226. The topological polar surface area (TPSA) is 139 Å². The summed E-state index contributed by atoms with van der Waals surface area (Å²) in [6.45, 7) is 5.61. The van der Waals surface area contributed by atoms with Gasteiger partial charge in [0.05, 0.1) is 5.69 Å². The molecule has 10 heteroatoms. The number of hydrogen-bond donors (Lipinski definition) is 3. The summed E-state index contributed by atoms with van der Waals surface area (Å²) in [4.78, 5) is 50.6. The first kappa shape index (κ1) is 34.2. The zero-order valence-corrected chi connectivity index (χ0v) is 29.0. The van der Waals surface area contributed by atoms with Crippen LogP contribution in [0.5, 0.6) is 0 Å². The van der Waals surface area contributed by atoms with E-state index in [0.717, 1.165) is 45.6 Å². The van der Waals surface area contributed by atoms with E-state index >= 15 is 0 Å². The van der Waals surface area contributed by atoms with Crippen molar-refractivity contribution in [2.75, 3.05) is 18.4 Å². The standard InChI is InChI=1S/C24H26N4O2.C18H12N2O2/c1-16-11-12-20(19-9-3-2-8-18(16)19)23(29)28-21-10-6-14-26-22(21)24(30)27-15-17-7-4-5-13-25-17;1-11-8-9-14(13-6-3-2-5-12(11)13)17-20-15-7-4-10-19-16(15)18(21)22-17/h2-3,6,8-12,14,17,25H,4-5,7,13,15H2,1H3,(H,27,30)(H,28,29);2-10H,1H3/t17-;/m0./s1. The van der Waals surface area contributed by atoms with E-state index in [1.165, 1.54) is 18.4 Å². The summed E-state index contributed by atoms with van der Waals surface area (Å²) < 4.78 is 5.40. The van der Waals surface area contributed by atoms with E-state index in [0.29, 0.717) is 29.2 Å². The predicted octanol–water partition coefficient (Wildman–Crippen LogP) is 7.38. The summed E-state index contributed by atoms with van der Waals surface area (Å²) in [7, 11) is 0. The molecule has 4 aromatic carbocycles. The lowest BCUT2D eigenvalue weighted by atomic mass is 10.00. The number of nitrogens with zero attached hydrogens (tertiary/aromatic N) is 3. The molecule has 1 saturated heterocycles. The molecule has 0 bridgehead atoms. The normalized spacial score (nSPS) is 14.1. The van der Waals surface area contributed by atoms with E-state index in [1.807, 2.05) is 73.7 Å². The Hall–Kier alpha value is -6.26. The summed E-state index contributed by atoms with van der Waals surface area (Å²) in [5, 5.41) is 13.3. The molecule has 10 nitrogen and oxygen atoms in total. The Morgan fingerprint density at radius 1 is 0.769 bits per heavy atom. The van der Waals surface area contributed by atoms with Gasteiger partial charge in [-0.3, -0.25) is 9.59 Å². The highest BCUT2D eigenvalue weighted by Gasteiger charge is 2.19. The average molecular weight is 691 g/mol. The van der Waals surface area contributed by atoms with Gasteiger partial charge in [0.2, 0.25) is 5.89 Å². The van der Waals surface area contributed by atoms with Crippen LogP contribution in [0.4, 0.5) is 5.69 Å². The van der Waals surface area contributed by atoms with Gasteiger partial charge >= 0.3 is 5.63 Å². The summed E-state index contributed by atoms with van der Waals surface area (Å²) >= 11 is 0. The highest BCUT2D eigenvalue weighted by molar-refractivity contribution is 6.15. The molecule has 3 N–H and O–H groups in total. The molecule has 1 atom stereocenters. The van der Waals surface area contributed by atoms with Crippen molar-refractivity contribution < 1.29 is 14.0 Å². The minimum atomic E-state index is -0.467. The molecule has 0 aliphatic carbocycles. The maximum atomic E-state index is 13.0. The fourth-order valence-electron chi connectivity index (χ4n) is 6.59. The van der Waals surface area contributed by atoms with Gasteiger partial charge in [0.15, 0.2) is 11.2 Å². The van der Waals surface area contributed by atoms with Crippen molar-refractivity contribution in [3.63, 3.8) is 0 Å². The SMILES string of the molecule is Cc1ccc(-c2nc3cccnc3c(=O)o2)c2ccccc12.Cc1ccc(C(=O)Nc2cccnc2C(=O)NC[C@@H]2CCCCN2)c2ccccc12. The van der Waals surface area contributed by atoms with Crippen molar-refractivity contribution in [3.8, 4) is 11.5 Å². The molecule has 3 aromatic heterocycles. The molecule has 260 valence electrons. The fraction of sp³-hybridized carbons (Fsp3) is 0.190. The van der Waals surface area contributed by atoms with E-state index in [2.05, 4.69) is 43.9 Å². The van der Waals surface area contributed by atoms with Crippen LogP contribution in [0.3, 0.4) is 0 Å². The maximum Gasteiger partial charge on any atom is 0.365 e. The molecule has 4 heterocycles. The third-order valence-electron chi connectivity index (χ3n) is 9.34. The molecule has 0 radical (unpaired) electrons. The van der Waals surface area contributed by atoms with E-state index in [9.17, 15) is 14.4 Å². The Kier molecular flexibility index (Phi) is 10.1. The summed E-state index contributed by atoms with van der Waals surface area (Å²) in [5.41, 5.74) is 4.61. The summed E-state index contributed by atoms with van der Waals surface area (Å²) in [6, 6.07) is 30.7. The van der Waals surface area contributed by atoms with Gasteiger partial charge in [-0.1, -0.05) is 67.1 Å². The third-order valence-corrected chi connectivity index (χ3v) is 9.34. The number of nitrogens with one attached hydrogen (secondary N) is 3. The smallest absolute Gasteiger partial charge is 0.365 e. The number of carbonyl (C=O) groups is 2. The number of benzene rings is 4. The van der Waals surface area contributed by atoms with Gasteiger partial charge in [-0.2, -0.15) is 0 Å². The van der Waals surface area contributed by atoms with Crippen molar-refractivity contribution in [1.29, 1.82) is 0 Å². The molecular weight excluding hydrogens is 652 g/mol. The van der Waals surface area contributed by atoms with Gasteiger partial charge in [-0.05, 0) is 102 Å². The Labute approximate surface area is 300 Å². The number of pyridine rings is 2. The molecule has 1 aliphatic heterocycles.